The normalized spacial score (nSPS) is 22.1. The summed E-state index contributed by atoms with van der Waals surface area (Å²) in [7, 11) is 0. The summed E-state index contributed by atoms with van der Waals surface area (Å²) in [5, 5.41) is 16.5. The van der Waals surface area contributed by atoms with Gasteiger partial charge in [0, 0.05) is 19.0 Å². The molecule has 1 saturated heterocycles. The number of benzene rings is 1. The van der Waals surface area contributed by atoms with Gasteiger partial charge in [-0.1, -0.05) is 24.3 Å². The van der Waals surface area contributed by atoms with Crippen LogP contribution in [0.25, 0.3) is 0 Å². The lowest BCUT2D eigenvalue weighted by atomic mass is 9.86. The Hall–Kier alpha value is -2.21. The van der Waals surface area contributed by atoms with E-state index in [-0.39, 0.29) is 11.8 Å². The van der Waals surface area contributed by atoms with Gasteiger partial charge in [0.15, 0.2) is 5.82 Å². The summed E-state index contributed by atoms with van der Waals surface area (Å²) in [5.74, 6) is 0.383. The second-order valence-corrected chi connectivity index (χ2v) is 5.94. The van der Waals surface area contributed by atoms with Crippen molar-refractivity contribution in [2.75, 3.05) is 13.1 Å². The fourth-order valence-electron chi connectivity index (χ4n) is 3.24. The maximum Gasteiger partial charge on any atom is 0.308 e. The van der Waals surface area contributed by atoms with Crippen LogP contribution in [0.3, 0.4) is 0 Å². The van der Waals surface area contributed by atoms with Gasteiger partial charge in [0.05, 0.1) is 12.5 Å². The number of aromatic amines is 1. The van der Waals surface area contributed by atoms with Gasteiger partial charge in [-0.05, 0) is 25.0 Å². The van der Waals surface area contributed by atoms with Crippen molar-refractivity contribution in [3.63, 3.8) is 0 Å². The maximum absolute atomic E-state index is 11.6. The van der Waals surface area contributed by atoms with Crippen LogP contribution in [0.15, 0.2) is 24.3 Å². The lowest BCUT2D eigenvalue weighted by Gasteiger charge is -2.17. The monoisotopic (exact) mass is 300 g/mol. The van der Waals surface area contributed by atoms with Crippen LogP contribution < -0.4 is 0 Å². The third kappa shape index (κ3) is 2.87. The number of aryl methyl sites for hydroxylation is 2. The molecule has 0 radical (unpaired) electrons. The third-order valence-corrected chi connectivity index (χ3v) is 4.31. The molecule has 1 fully saturated rings. The van der Waals surface area contributed by atoms with Gasteiger partial charge < -0.3 is 5.11 Å². The van der Waals surface area contributed by atoms with Crippen molar-refractivity contribution < 1.29 is 9.90 Å². The van der Waals surface area contributed by atoms with E-state index >= 15 is 0 Å². The smallest absolute Gasteiger partial charge is 0.308 e. The van der Waals surface area contributed by atoms with Crippen LogP contribution >= 0.6 is 0 Å². The first-order valence-electron chi connectivity index (χ1n) is 7.43. The van der Waals surface area contributed by atoms with Crippen molar-refractivity contribution >= 4 is 5.97 Å². The number of H-pyrrole nitrogens is 1. The van der Waals surface area contributed by atoms with Gasteiger partial charge >= 0.3 is 5.97 Å². The number of carbonyl (C=O) groups is 1. The molecule has 0 spiro atoms. The van der Waals surface area contributed by atoms with E-state index in [2.05, 4.69) is 20.1 Å². The molecule has 0 bridgehead atoms. The second-order valence-electron chi connectivity index (χ2n) is 5.94. The van der Waals surface area contributed by atoms with Crippen LogP contribution in [0.5, 0.6) is 0 Å². The highest BCUT2D eigenvalue weighted by Crippen LogP contribution is 2.35. The van der Waals surface area contributed by atoms with Gasteiger partial charge in [0.25, 0.3) is 0 Å². The topological polar surface area (TPSA) is 82.1 Å². The summed E-state index contributed by atoms with van der Waals surface area (Å²) >= 11 is 0. The van der Waals surface area contributed by atoms with Gasteiger partial charge in [0.2, 0.25) is 0 Å². The molecule has 1 aliphatic heterocycles. The van der Waals surface area contributed by atoms with Gasteiger partial charge in [-0.2, -0.15) is 5.10 Å². The van der Waals surface area contributed by atoms with Crippen molar-refractivity contribution in [3.8, 4) is 0 Å². The van der Waals surface area contributed by atoms with E-state index < -0.39 is 5.97 Å². The molecule has 2 aromatic rings. The molecule has 0 saturated carbocycles. The zero-order valence-electron chi connectivity index (χ0n) is 12.8. The number of rotatable bonds is 4. The molecular formula is C16H20N4O2. The average molecular weight is 300 g/mol. The van der Waals surface area contributed by atoms with E-state index in [1.54, 1.807) is 0 Å². The van der Waals surface area contributed by atoms with Crippen LogP contribution in [-0.4, -0.2) is 44.2 Å². The Bertz CT molecular complexity index is 682. The first-order valence-corrected chi connectivity index (χ1v) is 7.43. The molecule has 1 aliphatic rings. The lowest BCUT2D eigenvalue weighted by molar-refractivity contribution is -0.141. The van der Waals surface area contributed by atoms with Crippen molar-refractivity contribution in [1.82, 2.24) is 20.1 Å². The second kappa shape index (κ2) is 5.88. The molecule has 0 unspecified atom stereocenters. The largest absolute Gasteiger partial charge is 0.481 e. The Morgan fingerprint density at radius 1 is 1.36 bits per heavy atom. The number of nitrogens with one attached hydrogen (secondary N) is 1. The van der Waals surface area contributed by atoms with E-state index in [4.69, 9.17) is 0 Å². The van der Waals surface area contributed by atoms with Gasteiger partial charge in [-0.15, -0.1) is 0 Å². The van der Waals surface area contributed by atoms with Crippen LogP contribution in [0, 0.1) is 19.8 Å². The first-order chi connectivity index (χ1) is 10.5. The minimum Gasteiger partial charge on any atom is -0.481 e. The van der Waals surface area contributed by atoms with E-state index in [0.717, 1.165) is 23.5 Å². The predicted molar refractivity (Wildman–Crippen MR) is 81.4 cm³/mol. The molecule has 1 aromatic heterocycles. The molecule has 1 aromatic carbocycles. The van der Waals surface area contributed by atoms with Crippen molar-refractivity contribution in [3.05, 3.63) is 47.0 Å². The molecule has 0 amide bonds. The number of nitrogens with zero attached hydrogens (tertiary/aromatic N) is 3. The molecule has 3 rings (SSSR count). The molecule has 2 heterocycles. The molecule has 6 heteroatoms. The summed E-state index contributed by atoms with van der Waals surface area (Å²) in [6.45, 7) is 5.72. The van der Waals surface area contributed by atoms with Crippen molar-refractivity contribution in [1.29, 1.82) is 0 Å². The Morgan fingerprint density at radius 2 is 2.14 bits per heavy atom. The molecular weight excluding hydrogens is 280 g/mol. The molecule has 2 N–H and O–H groups in total. The quantitative estimate of drug-likeness (QED) is 0.898. The van der Waals surface area contributed by atoms with Crippen LogP contribution in [0.1, 0.15) is 28.7 Å². The summed E-state index contributed by atoms with van der Waals surface area (Å²) in [4.78, 5) is 18.1. The summed E-state index contributed by atoms with van der Waals surface area (Å²) in [6.07, 6.45) is 0. The third-order valence-electron chi connectivity index (χ3n) is 4.31. The number of hydrogen-bond donors (Lipinski definition) is 2. The van der Waals surface area contributed by atoms with Crippen LogP contribution in [-0.2, 0) is 11.3 Å². The van der Waals surface area contributed by atoms with Gasteiger partial charge in [0.1, 0.15) is 5.82 Å². The van der Waals surface area contributed by atoms with Gasteiger partial charge in [-0.25, -0.2) is 4.98 Å². The maximum atomic E-state index is 11.6. The average Bonchev–Trinajstić information content (AvgIpc) is 3.06. The predicted octanol–water partition coefficient (Wildman–Crippen LogP) is 1.72. The highest BCUT2D eigenvalue weighted by atomic mass is 16.4. The highest BCUT2D eigenvalue weighted by molar-refractivity contribution is 5.72. The van der Waals surface area contributed by atoms with Crippen LogP contribution in [0.2, 0.25) is 0 Å². The van der Waals surface area contributed by atoms with Crippen LogP contribution in [0.4, 0.5) is 0 Å². The summed E-state index contributed by atoms with van der Waals surface area (Å²) < 4.78 is 0. The molecule has 22 heavy (non-hydrogen) atoms. The Labute approximate surface area is 129 Å². The Morgan fingerprint density at radius 3 is 2.77 bits per heavy atom. The van der Waals surface area contributed by atoms with Gasteiger partial charge in [-0.3, -0.25) is 14.8 Å². The standard InChI is InChI=1S/C16H20N4O2/c1-10-5-3-4-6-12(10)13-7-20(8-14(13)16(21)22)9-15-17-11(2)18-19-15/h3-6,13-14H,7-9H2,1-2H3,(H,21,22)(H,17,18,19)/t13-,14+/m0/s1. The van der Waals surface area contributed by atoms with E-state index in [1.165, 1.54) is 0 Å². The lowest BCUT2D eigenvalue weighted by Crippen LogP contribution is -2.23. The minimum absolute atomic E-state index is 0.0127. The number of likely N-dealkylation sites (tertiary alicyclic amines) is 1. The number of aromatic nitrogens is 3. The molecule has 2 atom stereocenters. The number of carboxylic acid groups (broad SMARTS) is 1. The molecule has 6 nitrogen and oxygen atoms in total. The molecule has 0 aliphatic carbocycles. The van der Waals surface area contributed by atoms with Crippen molar-refractivity contribution in [2.24, 2.45) is 5.92 Å². The number of carboxylic acids is 1. The van der Waals surface area contributed by atoms with Crippen molar-refractivity contribution in [2.45, 2.75) is 26.3 Å². The van der Waals surface area contributed by atoms with E-state index in [9.17, 15) is 9.90 Å². The highest BCUT2D eigenvalue weighted by Gasteiger charge is 2.39. The number of hydrogen-bond acceptors (Lipinski definition) is 4. The fraction of sp³-hybridized carbons (Fsp3) is 0.438. The minimum atomic E-state index is -0.734. The Kier molecular flexibility index (Phi) is 3.94. The number of aliphatic carboxylic acids is 1. The summed E-state index contributed by atoms with van der Waals surface area (Å²) in [6, 6.07) is 8.03. The van der Waals surface area contributed by atoms with E-state index in [0.29, 0.717) is 18.9 Å². The summed E-state index contributed by atoms with van der Waals surface area (Å²) in [5.41, 5.74) is 2.28. The zero-order chi connectivity index (χ0) is 15.7. The Balaban J connectivity index is 1.81. The zero-order valence-corrected chi connectivity index (χ0v) is 12.8. The first kappa shape index (κ1) is 14.7. The molecule has 116 valence electrons. The SMILES string of the molecule is Cc1nc(CN2C[C@@H](C(=O)O)[C@H](c3ccccc3C)C2)n[nH]1. The van der Waals surface area contributed by atoms with E-state index in [1.807, 2.05) is 38.1 Å². The fourth-order valence-corrected chi connectivity index (χ4v) is 3.24.